The molecule has 0 radical (unpaired) electrons. The Labute approximate surface area is 227 Å². The normalized spacial score (nSPS) is 14.9. The molecule has 1 atom stereocenters. The van der Waals surface area contributed by atoms with Crippen molar-refractivity contribution in [2.24, 2.45) is 0 Å². The zero-order valence-electron chi connectivity index (χ0n) is 20.4. The molecule has 1 N–H and O–H groups in total. The molecule has 196 valence electrons. The molecule has 0 saturated heterocycles. The van der Waals surface area contributed by atoms with Crippen LogP contribution in [0.4, 0.5) is 5.69 Å². The summed E-state index contributed by atoms with van der Waals surface area (Å²) in [5, 5.41) is 3.31. The maximum absolute atomic E-state index is 13.6. The van der Waals surface area contributed by atoms with Crippen LogP contribution >= 0.6 is 34.8 Å². The molecule has 11 heteroatoms. The lowest BCUT2D eigenvalue weighted by molar-refractivity contribution is -0.139. The van der Waals surface area contributed by atoms with Gasteiger partial charge >= 0.3 is 0 Å². The highest BCUT2D eigenvalue weighted by atomic mass is 35.5. The van der Waals surface area contributed by atoms with Crippen molar-refractivity contribution in [2.45, 2.75) is 58.2 Å². The number of nitrogens with one attached hydrogen (secondary N) is 1. The first-order chi connectivity index (χ1) is 16.9. The Morgan fingerprint density at radius 1 is 1.03 bits per heavy atom. The summed E-state index contributed by atoms with van der Waals surface area (Å²) in [6, 6.07) is 9.47. The molecule has 3 rings (SSSR count). The Kier molecular flexibility index (Phi) is 9.55. The summed E-state index contributed by atoms with van der Waals surface area (Å²) in [5.41, 5.74) is 1.90. The van der Waals surface area contributed by atoms with Gasteiger partial charge in [0.1, 0.15) is 12.6 Å². The molecule has 1 fully saturated rings. The first-order valence-electron chi connectivity index (χ1n) is 11.6. The van der Waals surface area contributed by atoms with Gasteiger partial charge in [0.05, 0.1) is 27.0 Å². The van der Waals surface area contributed by atoms with E-state index in [1.807, 2.05) is 31.2 Å². The van der Waals surface area contributed by atoms with Crippen molar-refractivity contribution in [2.75, 3.05) is 17.1 Å². The Bertz CT molecular complexity index is 1220. The molecule has 7 nitrogen and oxygen atoms in total. The summed E-state index contributed by atoms with van der Waals surface area (Å²) in [6.45, 7) is 3.16. The van der Waals surface area contributed by atoms with Gasteiger partial charge in [-0.15, -0.1) is 0 Å². The second-order valence-corrected chi connectivity index (χ2v) is 12.3. The number of anilines is 1. The minimum Gasteiger partial charge on any atom is -0.352 e. The Balaban J connectivity index is 1.92. The van der Waals surface area contributed by atoms with Gasteiger partial charge in [0.15, 0.2) is 0 Å². The van der Waals surface area contributed by atoms with Crippen LogP contribution in [0, 0.1) is 6.92 Å². The third kappa shape index (κ3) is 7.28. The first-order valence-corrected chi connectivity index (χ1v) is 14.6. The van der Waals surface area contributed by atoms with Crippen LogP contribution in [0.3, 0.4) is 0 Å². The first kappa shape index (κ1) is 28.6. The van der Waals surface area contributed by atoms with Gasteiger partial charge in [-0.1, -0.05) is 77.5 Å². The number of halogens is 3. The van der Waals surface area contributed by atoms with Crippen LogP contribution in [0.1, 0.15) is 43.7 Å². The topological polar surface area (TPSA) is 86.8 Å². The van der Waals surface area contributed by atoms with E-state index >= 15 is 0 Å². The van der Waals surface area contributed by atoms with Gasteiger partial charge in [0.2, 0.25) is 21.8 Å². The van der Waals surface area contributed by atoms with E-state index in [0.29, 0.717) is 0 Å². The molecule has 1 saturated carbocycles. The largest absolute Gasteiger partial charge is 0.352 e. The fourth-order valence-electron chi connectivity index (χ4n) is 4.16. The molecular formula is C25H30Cl3N3O4S. The molecule has 2 aromatic carbocycles. The Morgan fingerprint density at radius 2 is 1.61 bits per heavy atom. The number of hydrogen-bond acceptors (Lipinski definition) is 4. The number of amides is 2. The average Bonchev–Trinajstić information content (AvgIpc) is 3.31. The number of benzene rings is 2. The molecule has 2 amide bonds. The van der Waals surface area contributed by atoms with E-state index in [2.05, 4.69) is 5.32 Å². The third-order valence-corrected chi connectivity index (χ3v) is 8.43. The lowest BCUT2D eigenvalue weighted by Gasteiger charge is -2.32. The highest BCUT2D eigenvalue weighted by Gasteiger charge is 2.32. The number of carbonyl (C=O) groups is 2. The number of nitrogens with zero attached hydrogens (tertiary/aromatic N) is 2. The maximum Gasteiger partial charge on any atom is 0.244 e. The van der Waals surface area contributed by atoms with Crippen LogP contribution in [-0.2, 0) is 26.2 Å². The van der Waals surface area contributed by atoms with Gasteiger partial charge in [-0.3, -0.25) is 13.9 Å². The molecule has 1 aliphatic rings. The van der Waals surface area contributed by atoms with Crippen LogP contribution < -0.4 is 9.62 Å². The van der Waals surface area contributed by atoms with Gasteiger partial charge in [-0.05, 0) is 44.4 Å². The van der Waals surface area contributed by atoms with Crippen LogP contribution in [-0.4, -0.2) is 50.0 Å². The van der Waals surface area contributed by atoms with E-state index in [-0.39, 0.29) is 39.2 Å². The van der Waals surface area contributed by atoms with E-state index < -0.39 is 28.5 Å². The van der Waals surface area contributed by atoms with Crippen LogP contribution in [0.5, 0.6) is 0 Å². The monoisotopic (exact) mass is 573 g/mol. The van der Waals surface area contributed by atoms with Crippen molar-refractivity contribution in [3.05, 3.63) is 62.6 Å². The summed E-state index contributed by atoms with van der Waals surface area (Å²) in [7, 11) is -3.94. The zero-order chi connectivity index (χ0) is 26.6. The number of hydrogen-bond donors (Lipinski definition) is 1. The predicted molar refractivity (Wildman–Crippen MR) is 145 cm³/mol. The second-order valence-electron chi connectivity index (χ2n) is 9.16. The maximum atomic E-state index is 13.6. The number of carbonyl (C=O) groups excluding carboxylic acids is 2. The summed E-state index contributed by atoms with van der Waals surface area (Å²) < 4.78 is 26.3. The molecular weight excluding hydrogens is 545 g/mol. The van der Waals surface area contributed by atoms with Crippen molar-refractivity contribution < 1.29 is 18.0 Å². The third-order valence-electron chi connectivity index (χ3n) is 6.28. The fraction of sp³-hybridized carbons (Fsp3) is 0.440. The number of sulfonamides is 1. The Morgan fingerprint density at radius 3 is 2.19 bits per heavy atom. The number of aryl methyl sites for hydroxylation is 1. The average molecular weight is 575 g/mol. The predicted octanol–water partition coefficient (Wildman–Crippen LogP) is 5.20. The molecule has 1 aliphatic carbocycles. The van der Waals surface area contributed by atoms with Gasteiger partial charge < -0.3 is 10.2 Å². The van der Waals surface area contributed by atoms with Crippen LogP contribution in [0.15, 0.2) is 36.4 Å². The molecule has 0 aliphatic heterocycles. The van der Waals surface area contributed by atoms with Gasteiger partial charge in [-0.25, -0.2) is 8.42 Å². The summed E-state index contributed by atoms with van der Waals surface area (Å²) in [5.74, 6) is -0.835. The van der Waals surface area contributed by atoms with Crippen molar-refractivity contribution in [1.29, 1.82) is 0 Å². The SMILES string of the molecule is Cc1ccc(CN(C(=O)CN(c2cc(Cl)c(Cl)cc2Cl)S(C)(=O)=O)[C@H](C)C(=O)NC2CCCC2)cc1. The van der Waals surface area contributed by atoms with Crippen molar-refractivity contribution in [1.82, 2.24) is 10.2 Å². The number of rotatable bonds is 9. The quantitative estimate of drug-likeness (QED) is 0.417. The zero-order valence-corrected chi connectivity index (χ0v) is 23.5. The fourth-order valence-corrected chi connectivity index (χ4v) is 5.71. The molecule has 36 heavy (non-hydrogen) atoms. The second kappa shape index (κ2) is 12.0. The van der Waals surface area contributed by atoms with E-state index in [4.69, 9.17) is 34.8 Å². The van der Waals surface area contributed by atoms with Crippen molar-refractivity contribution >= 4 is 62.3 Å². The summed E-state index contributed by atoms with van der Waals surface area (Å²) in [6.07, 6.45) is 4.89. The highest BCUT2D eigenvalue weighted by Crippen LogP contribution is 2.35. The van der Waals surface area contributed by atoms with E-state index in [1.54, 1.807) is 6.92 Å². The van der Waals surface area contributed by atoms with Crippen LogP contribution in [0.2, 0.25) is 15.1 Å². The molecule has 0 aromatic heterocycles. The van der Waals surface area contributed by atoms with E-state index in [9.17, 15) is 18.0 Å². The van der Waals surface area contributed by atoms with Crippen LogP contribution in [0.25, 0.3) is 0 Å². The molecule has 0 spiro atoms. The smallest absolute Gasteiger partial charge is 0.244 e. The van der Waals surface area contributed by atoms with Crippen molar-refractivity contribution in [3.8, 4) is 0 Å². The molecule has 0 unspecified atom stereocenters. The summed E-state index contributed by atoms with van der Waals surface area (Å²) in [4.78, 5) is 28.1. The minimum absolute atomic E-state index is 0.0275. The lowest BCUT2D eigenvalue weighted by Crippen LogP contribution is -2.52. The lowest BCUT2D eigenvalue weighted by atomic mass is 10.1. The van der Waals surface area contributed by atoms with Gasteiger partial charge in [-0.2, -0.15) is 0 Å². The minimum atomic E-state index is -3.94. The van der Waals surface area contributed by atoms with Gasteiger partial charge in [0, 0.05) is 12.6 Å². The molecule has 0 bridgehead atoms. The van der Waals surface area contributed by atoms with E-state index in [1.165, 1.54) is 17.0 Å². The van der Waals surface area contributed by atoms with Crippen molar-refractivity contribution in [3.63, 3.8) is 0 Å². The van der Waals surface area contributed by atoms with E-state index in [0.717, 1.165) is 47.4 Å². The molecule has 2 aromatic rings. The Hall–Kier alpha value is -2.00. The summed E-state index contributed by atoms with van der Waals surface area (Å²) >= 11 is 18.4. The standard InChI is InChI=1S/C25H30Cl3N3O4S/c1-16-8-10-18(11-9-16)14-30(17(2)25(33)29-19-6-4-5-7-19)24(32)15-31(36(3,34)35)23-13-21(27)20(26)12-22(23)28/h8-13,17,19H,4-7,14-15H2,1-3H3,(H,29,33)/t17-/m1/s1. The molecule has 0 heterocycles. The highest BCUT2D eigenvalue weighted by molar-refractivity contribution is 7.92. The van der Waals surface area contributed by atoms with Gasteiger partial charge in [0.25, 0.3) is 0 Å².